The summed E-state index contributed by atoms with van der Waals surface area (Å²) in [6.45, 7) is 6.15. The topological polar surface area (TPSA) is 68.0 Å². The van der Waals surface area contributed by atoms with Crippen LogP contribution in [0, 0.1) is 6.92 Å². The van der Waals surface area contributed by atoms with Gasteiger partial charge < -0.3 is 23.8 Å². The number of amides is 1. The maximum atomic E-state index is 12.8. The van der Waals surface area contributed by atoms with Gasteiger partial charge in [0.1, 0.15) is 6.61 Å². The van der Waals surface area contributed by atoms with Crippen molar-refractivity contribution in [1.29, 1.82) is 0 Å². The fourth-order valence-corrected chi connectivity index (χ4v) is 4.23. The number of methoxy groups -OCH3 is 1. The monoisotopic (exact) mass is 399 g/mol. The quantitative estimate of drug-likeness (QED) is 0.743. The number of piperidine rings is 1. The molecule has 0 radical (unpaired) electrons. The molecule has 156 valence electrons. The predicted octanol–water partition coefficient (Wildman–Crippen LogP) is 3.27. The molecule has 0 saturated carbocycles. The summed E-state index contributed by atoms with van der Waals surface area (Å²) >= 11 is 0. The van der Waals surface area contributed by atoms with Gasteiger partial charge in [0.2, 0.25) is 0 Å². The van der Waals surface area contributed by atoms with Crippen molar-refractivity contribution in [2.24, 2.45) is 0 Å². The van der Waals surface area contributed by atoms with Crippen molar-refractivity contribution in [2.45, 2.75) is 45.3 Å². The van der Waals surface area contributed by atoms with Crippen LogP contribution in [0.1, 0.15) is 47.5 Å². The van der Waals surface area contributed by atoms with Crippen molar-refractivity contribution in [3.63, 3.8) is 0 Å². The Morgan fingerprint density at radius 2 is 1.90 bits per heavy atom. The first-order valence-corrected chi connectivity index (χ1v) is 10.4. The predicted molar refractivity (Wildman–Crippen MR) is 108 cm³/mol. The van der Waals surface area contributed by atoms with E-state index >= 15 is 0 Å². The largest absolute Gasteiger partial charge is 0.493 e. The minimum absolute atomic E-state index is 0.0622. The molecule has 0 aliphatic carbocycles. The van der Waals surface area contributed by atoms with Crippen LogP contribution in [-0.2, 0) is 6.61 Å². The van der Waals surface area contributed by atoms with Crippen molar-refractivity contribution in [1.82, 2.24) is 15.0 Å². The van der Waals surface area contributed by atoms with Gasteiger partial charge in [-0.2, -0.15) is 0 Å². The number of hydrogen-bond acceptors (Lipinski definition) is 6. The highest BCUT2D eigenvalue weighted by Crippen LogP contribution is 2.28. The first-order chi connectivity index (χ1) is 14.1. The third kappa shape index (κ3) is 4.56. The smallest absolute Gasteiger partial charge is 0.276 e. The zero-order valence-electron chi connectivity index (χ0n) is 17.2. The molecule has 29 heavy (non-hydrogen) atoms. The van der Waals surface area contributed by atoms with Gasteiger partial charge in [-0.15, -0.1) is 0 Å². The first-order valence-electron chi connectivity index (χ1n) is 10.4. The molecule has 0 atom stereocenters. The van der Waals surface area contributed by atoms with E-state index in [2.05, 4.69) is 10.1 Å². The Bertz CT molecular complexity index is 836. The van der Waals surface area contributed by atoms with Crippen LogP contribution in [-0.4, -0.2) is 60.2 Å². The van der Waals surface area contributed by atoms with E-state index in [1.54, 1.807) is 13.2 Å². The molecule has 7 nitrogen and oxygen atoms in total. The van der Waals surface area contributed by atoms with E-state index in [9.17, 15) is 4.79 Å². The second kappa shape index (κ2) is 8.86. The number of ether oxygens (including phenoxy) is 2. The summed E-state index contributed by atoms with van der Waals surface area (Å²) in [5.74, 6) is 1.75. The van der Waals surface area contributed by atoms with Crippen molar-refractivity contribution < 1.29 is 18.8 Å². The van der Waals surface area contributed by atoms with Crippen molar-refractivity contribution in [3.05, 3.63) is 41.3 Å². The van der Waals surface area contributed by atoms with Crippen LogP contribution < -0.4 is 9.47 Å². The van der Waals surface area contributed by atoms with Crippen LogP contribution in [0.15, 0.2) is 28.8 Å². The summed E-state index contributed by atoms with van der Waals surface area (Å²) in [7, 11) is 1.61. The van der Waals surface area contributed by atoms with Gasteiger partial charge in [-0.05, 0) is 63.4 Å². The Labute approximate surface area is 171 Å². The maximum Gasteiger partial charge on any atom is 0.276 e. The standard InChI is InChI=1S/C22H29N3O4/c1-16-5-6-20(21(13-16)27-2)28-15-18-14-19(23-29-18)22(26)25-11-7-17(8-12-25)24-9-3-4-10-24/h5-6,13-14,17H,3-4,7-12,15H2,1-2H3. The highest BCUT2D eigenvalue weighted by molar-refractivity contribution is 5.92. The van der Waals surface area contributed by atoms with E-state index in [0.29, 0.717) is 29.0 Å². The minimum atomic E-state index is -0.0622. The van der Waals surface area contributed by atoms with E-state index in [-0.39, 0.29) is 12.5 Å². The zero-order chi connectivity index (χ0) is 20.2. The van der Waals surface area contributed by atoms with E-state index in [0.717, 1.165) is 31.5 Å². The lowest BCUT2D eigenvalue weighted by Crippen LogP contribution is -2.46. The molecule has 1 aromatic heterocycles. The second-order valence-corrected chi connectivity index (χ2v) is 7.89. The molecule has 0 spiro atoms. The van der Waals surface area contributed by atoms with Crippen molar-refractivity contribution >= 4 is 5.91 Å². The molecular formula is C22H29N3O4. The second-order valence-electron chi connectivity index (χ2n) is 7.89. The number of benzene rings is 1. The normalized spacial score (nSPS) is 18.2. The number of nitrogens with zero attached hydrogens (tertiary/aromatic N) is 3. The van der Waals surface area contributed by atoms with Crippen LogP contribution in [0.5, 0.6) is 11.5 Å². The van der Waals surface area contributed by atoms with E-state index in [1.807, 2.05) is 30.0 Å². The number of rotatable bonds is 6. The molecular weight excluding hydrogens is 370 g/mol. The van der Waals surface area contributed by atoms with Gasteiger partial charge in [0.15, 0.2) is 23.0 Å². The molecule has 2 fully saturated rings. The fourth-order valence-electron chi connectivity index (χ4n) is 4.23. The summed E-state index contributed by atoms with van der Waals surface area (Å²) in [6, 6.07) is 8.03. The summed E-state index contributed by atoms with van der Waals surface area (Å²) in [5, 5.41) is 3.97. The molecule has 4 rings (SSSR count). The Morgan fingerprint density at radius 1 is 1.14 bits per heavy atom. The van der Waals surface area contributed by atoms with Gasteiger partial charge in [0.05, 0.1) is 7.11 Å². The molecule has 2 aliphatic rings. The van der Waals surface area contributed by atoms with E-state index in [4.69, 9.17) is 14.0 Å². The summed E-state index contributed by atoms with van der Waals surface area (Å²) in [5.41, 5.74) is 1.44. The van der Waals surface area contributed by atoms with Crippen LogP contribution >= 0.6 is 0 Å². The maximum absolute atomic E-state index is 12.8. The molecule has 0 unspecified atom stereocenters. The molecule has 1 aromatic carbocycles. The zero-order valence-corrected chi connectivity index (χ0v) is 17.2. The van der Waals surface area contributed by atoms with Crippen molar-refractivity contribution in [3.8, 4) is 11.5 Å². The summed E-state index contributed by atoms with van der Waals surface area (Å²) in [6.07, 6.45) is 4.67. The lowest BCUT2D eigenvalue weighted by molar-refractivity contribution is 0.0634. The lowest BCUT2D eigenvalue weighted by atomic mass is 10.0. The summed E-state index contributed by atoms with van der Waals surface area (Å²) in [4.78, 5) is 17.2. The molecule has 2 aliphatic heterocycles. The summed E-state index contributed by atoms with van der Waals surface area (Å²) < 4.78 is 16.5. The van der Waals surface area contributed by atoms with Gasteiger partial charge in [-0.25, -0.2) is 0 Å². The number of aromatic nitrogens is 1. The van der Waals surface area contributed by atoms with Gasteiger partial charge >= 0.3 is 0 Å². The molecule has 3 heterocycles. The average Bonchev–Trinajstić information content (AvgIpc) is 3.45. The Hall–Kier alpha value is -2.54. The van der Waals surface area contributed by atoms with E-state index in [1.165, 1.54) is 25.9 Å². The Balaban J connectivity index is 1.31. The first kappa shape index (κ1) is 19.8. The SMILES string of the molecule is COc1cc(C)ccc1OCc1cc(C(=O)N2CCC(N3CCCC3)CC2)no1. The number of likely N-dealkylation sites (tertiary alicyclic amines) is 2. The van der Waals surface area contributed by atoms with Crippen LogP contribution in [0.4, 0.5) is 0 Å². The highest BCUT2D eigenvalue weighted by Gasteiger charge is 2.29. The molecule has 2 aromatic rings. The van der Waals surface area contributed by atoms with Crippen LogP contribution in [0.25, 0.3) is 0 Å². The molecule has 2 saturated heterocycles. The van der Waals surface area contributed by atoms with Crippen LogP contribution in [0.3, 0.4) is 0 Å². The van der Waals surface area contributed by atoms with Gasteiger partial charge in [0, 0.05) is 25.2 Å². The molecule has 0 bridgehead atoms. The van der Waals surface area contributed by atoms with Gasteiger partial charge in [-0.1, -0.05) is 11.2 Å². The lowest BCUT2D eigenvalue weighted by Gasteiger charge is -2.36. The Kier molecular flexibility index (Phi) is 6.04. The highest BCUT2D eigenvalue weighted by atomic mass is 16.5. The number of hydrogen-bond donors (Lipinski definition) is 0. The molecule has 1 amide bonds. The van der Waals surface area contributed by atoms with Gasteiger partial charge in [0.25, 0.3) is 5.91 Å². The van der Waals surface area contributed by atoms with Gasteiger partial charge in [-0.3, -0.25) is 4.79 Å². The fraction of sp³-hybridized carbons (Fsp3) is 0.545. The minimum Gasteiger partial charge on any atom is -0.493 e. The number of carbonyl (C=O) groups is 1. The third-order valence-corrected chi connectivity index (χ3v) is 5.88. The number of aryl methyl sites for hydroxylation is 1. The van der Waals surface area contributed by atoms with Crippen LogP contribution in [0.2, 0.25) is 0 Å². The molecule has 7 heteroatoms. The van der Waals surface area contributed by atoms with Crippen molar-refractivity contribution in [2.75, 3.05) is 33.3 Å². The molecule has 0 N–H and O–H groups in total. The third-order valence-electron chi connectivity index (χ3n) is 5.88. The van der Waals surface area contributed by atoms with E-state index < -0.39 is 0 Å². The number of carbonyl (C=O) groups excluding carboxylic acids is 1. The average molecular weight is 399 g/mol. The Morgan fingerprint density at radius 3 is 2.62 bits per heavy atom.